The molecule has 0 fully saturated rings. The van der Waals surface area contributed by atoms with Crippen molar-refractivity contribution in [3.8, 4) is 0 Å². The van der Waals surface area contributed by atoms with Crippen LogP contribution < -0.4 is 0 Å². The molecule has 0 unspecified atom stereocenters. The molecule has 0 aliphatic rings. The van der Waals surface area contributed by atoms with Gasteiger partial charge in [-0.25, -0.2) is 0 Å². The van der Waals surface area contributed by atoms with Gasteiger partial charge in [-0.3, -0.25) is 9.11 Å². The van der Waals surface area contributed by atoms with Gasteiger partial charge in [-0.1, -0.05) is 0 Å². The molecule has 0 amide bonds. The molecule has 0 spiro atoms. The van der Waals surface area contributed by atoms with Crippen molar-refractivity contribution >= 4 is 33.5 Å². The van der Waals surface area contributed by atoms with Crippen molar-refractivity contribution in [3.63, 3.8) is 0 Å². The molecule has 2 N–H and O–H groups in total. The summed E-state index contributed by atoms with van der Waals surface area (Å²) in [7, 11) is -4.67. The van der Waals surface area contributed by atoms with E-state index in [-0.39, 0.29) is 33.0 Å². The van der Waals surface area contributed by atoms with Crippen LogP contribution in [0.3, 0.4) is 0 Å². The molecule has 36 valence electrons. The van der Waals surface area contributed by atoms with Gasteiger partial charge in [-0.05, 0) is 0 Å². The first-order chi connectivity index (χ1) is 2.00. The third-order valence-electron chi connectivity index (χ3n) is 0. The molecular formula is H11MgO4S+7. The minimum absolute atomic E-state index is 0. The van der Waals surface area contributed by atoms with Gasteiger partial charge in [0.15, 0.2) is 0 Å². The van der Waals surface area contributed by atoms with E-state index in [4.69, 9.17) is 17.5 Å². The summed E-state index contributed by atoms with van der Waals surface area (Å²) in [6.07, 6.45) is 0. The van der Waals surface area contributed by atoms with E-state index in [1.165, 1.54) is 0 Å². The van der Waals surface area contributed by atoms with E-state index in [2.05, 4.69) is 0 Å². The van der Waals surface area contributed by atoms with Crippen LogP contribution in [-0.2, 0) is 10.4 Å². The Morgan fingerprint density at radius 1 is 1.33 bits per heavy atom. The van der Waals surface area contributed by atoms with Crippen molar-refractivity contribution < 1.29 is 27.5 Å². The zero-order valence-corrected chi connectivity index (χ0v) is 2.94. The second kappa shape index (κ2) is 2.75. The Bertz CT molecular complexity index is 104. The number of rotatable bonds is 0. The molecule has 6 heteroatoms. The SMILES string of the molecule is O=S(=O)(O)O.[H+].[H+].[H+].[H+].[H+].[H+].[H+].[MgH2]. The lowest BCUT2D eigenvalue weighted by molar-refractivity contribution is 0.381. The summed E-state index contributed by atoms with van der Waals surface area (Å²) in [5.41, 5.74) is 0. The summed E-state index contributed by atoms with van der Waals surface area (Å²) in [5.74, 6) is 0. The molecule has 0 aliphatic heterocycles. The Labute approximate surface area is 61.7 Å². The molecule has 0 bridgehead atoms. The van der Waals surface area contributed by atoms with Gasteiger partial charge in [0.2, 0.25) is 0 Å². The van der Waals surface area contributed by atoms with Crippen molar-refractivity contribution in [2.24, 2.45) is 0 Å². The molecule has 4 nitrogen and oxygen atoms in total. The average Bonchev–Trinajstić information content (AvgIpc) is 0.722. The molecule has 6 heavy (non-hydrogen) atoms. The Morgan fingerprint density at radius 2 is 1.33 bits per heavy atom. The first-order valence-electron chi connectivity index (χ1n) is 0.698. The van der Waals surface area contributed by atoms with Crippen LogP contribution in [0.5, 0.6) is 0 Å². The summed E-state index contributed by atoms with van der Waals surface area (Å²) in [6.45, 7) is 0. The highest BCUT2D eigenvalue weighted by molar-refractivity contribution is 7.79. The molecule has 0 aromatic rings. The van der Waals surface area contributed by atoms with Crippen molar-refractivity contribution in [2.75, 3.05) is 0 Å². The fourth-order valence-corrected chi connectivity index (χ4v) is 0. The fourth-order valence-electron chi connectivity index (χ4n) is 0. The van der Waals surface area contributed by atoms with Gasteiger partial charge in [0, 0.05) is 0 Å². The summed E-state index contributed by atoms with van der Waals surface area (Å²) < 4.78 is 31.6. The van der Waals surface area contributed by atoms with Crippen LogP contribution in [0.25, 0.3) is 0 Å². The second-order valence-corrected chi connectivity index (χ2v) is 1.34. The van der Waals surface area contributed by atoms with Crippen LogP contribution in [-0.4, -0.2) is 40.6 Å². The van der Waals surface area contributed by atoms with Gasteiger partial charge >= 0.3 is 43.4 Å². The maximum absolute atomic E-state index is 8.74. The highest BCUT2D eigenvalue weighted by Gasteiger charge is 1.84. The lowest BCUT2D eigenvalue weighted by Gasteiger charge is -1.68. The quantitative estimate of drug-likeness (QED) is 0.334. The van der Waals surface area contributed by atoms with Gasteiger partial charge in [0.25, 0.3) is 0 Å². The second-order valence-electron chi connectivity index (χ2n) is 0.448. The summed E-state index contributed by atoms with van der Waals surface area (Å²) in [4.78, 5) is 0. The van der Waals surface area contributed by atoms with E-state index < -0.39 is 10.4 Å². The Kier molecular flexibility index (Phi) is 4.50. The maximum atomic E-state index is 8.74. The largest absolute Gasteiger partial charge is 1.00 e. The molecule has 0 aromatic carbocycles. The highest BCUT2D eigenvalue weighted by Crippen LogP contribution is 1.59. The molecule has 0 atom stereocenters. The summed E-state index contributed by atoms with van der Waals surface area (Å²) in [6, 6.07) is 0. The molecule has 0 heterocycles. The smallest absolute Gasteiger partial charge is 0.264 e. The van der Waals surface area contributed by atoms with Gasteiger partial charge in [0.05, 0.1) is 0 Å². The van der Waals surface area contributed by atoms with Gasteiger partial charge in [-0.2, -0.15) is 8.42 Å². The molecule has 0 saturated carbocycles. The highest BCUT2D eigenvalue weighted by atomic mass is 32.3. The van der Waals surface area contributed by atoms with E-state index >= 15 is 0 Å². The predicted octanol–water partition coefficient (Wildman–Crippen LogP) is -0.781. The summed E-state index contributed by atoms with van der Waals surface area (Å²) >= 11 is 0. The molecule has 0 radical (unpaired) electrons. The van der Waals surface area contributed by atoms with Crippen LogP contribution in [0.2, 0.25) is 0 Å². The van der Waals surface area contributed by atoms with E-state index in [0.717, 1.165) is 0 Å². The predicted molar refractivity (Wildman–Crippen MR) is 30.5 cm³/mol. The topological polar surface area (TPSA) is 74.6 Å². The summed E-state index contributed by atoms with van der Waals surface area (Å²) in [5, 5.41) is 0. The van der Waals surface area contributed by atoms with Gasteiger partial charge < -0.3 is 0 Å². The average molecular weight is 131 g/mol. The number of hydrogen-bond acceptors (Lipinski definition) is 2. The van der Waals surface area contributed by atoms with Crippen LogP contribution in [0.1, 0.15) is 9.99 Å². The molecular weight excluding hydrogens is 120 g/mol. The van der Waals surface area contributed by atoms with Crippen LogP contribution in [0.4, 0.5) is 0 Å². The third kappa shape index (κ3) is 151. The Morgan fingerprint density at radius 3 is 1.33 bits per heavy atom. The van der Waals surface area contributed by atoms with Crippen LogP contribution in [0, 0.1) is 0 Å². The van der Waals surface area contributed by atoms with Crippen LogP contribution in [0.15, 0.2) is 0 Å². The number of hydrogen-bond donors (Lipinski definition) is 2. The van der Waals surface area contributed by atoms with Gasteiger partial charge in [-0.15, -0.1) is 0 Å². The standard InChI is InChI=1S/Mg.H2O4S.2H/c;1-5(2,3)4;;/h;(H2,1,2,3,4);;/p+7. The molecule has 0 aliphatic carbocycles. The monoisotopic (exact) mass is 131 g/mol. The normalized spacial score (nSPS) is 9.67. The molecule has 0 saturated heterocycles. The van der Waals surface area contributed by atoms with Gasteiger partial charge in [0.1, 0.15) is 0 Å². The fraction of sp³-hybridized carbons (Fsp3) is 0. The Hall–Kier alpha value is 0.636. The lowest BCUT2D eigenvalue weighted by atomic mass is 15.8. The first-order valence-corrected chi connectivity index (χ1v) is 2.10. The molecule has 0 rings (SSSR count). The van der Waals surface area contributed by atoms with E-state index in [9.17, 15) is 0 Å². The van der Waals surface area contributed by atoms with Crippen molar-refractivity contribution in [3.05, 3.63) is 0 Å². The Balaban J connectivity index is -0.00000000286. The first kappa shape index (κ1) is 9.81. The van der Waals surface area contributed by atoms with Crippen LogP contribution >= 0.6 is 0 Å². The van der Waals surface area contributed by atoms with Crippen molar-refractivity contribution in [1.29, 1.82) is 0 Å². The third-order valence-corrected chi connectivity index (χ3v) is 0. The van der Waals surface area contributed by atoms with E-state index in [0.29, 0.717) is 0 Å². The minimum atomic E-state index is -4.67. The molecule has 0 aromatic heterocycles. The maximum Gasteiger partial charge on any atom is 1.00 e. The van der Waals surface area contributed by atoms with E-state index in [1.54, 1.807) is 0 Å². The van der Waals surface area contributed by atoms with Crippen molar-refractivity contribution in [1.82, 2.24) is 0 Å². The van der Waals surface area contributed by atoms with Crippen molar-refractivity contribution in [2.45, 2.75) is 0 Å². The van der Waals surface area contributed by atoms with E-state index in [1.807, 2.05) is 0 Å². The zero-order chi connectivity index (χ0) is 4.50. The lowest BCUT2D eigenvalue weighted by Crippen LogP contribution is -1.89. The zero-order valence-electron chi connectivity index (χ0n) is 9.12. The minimum Gasteiger partial charge on any atom is -0.264 e.